The number of pyridine rings is 1. The number of fused-ring (bicyclic) bond motifs is 1. The van der Waals surface area contributed by atoms with E-state index in [1.807, 2.05) is 18.2 Å². The lowest BCUT2D eigenvalue weighted by molar-refractivity contribution is -0.138. The summed E-state index contributed by atoms with van der Waals surface area (Å²) >= 11 is 1.32. The van der Waals surface area contributed by atoms with E-state index in [2.05, 4.69) is 17.4 Å². The molecule has 0 saturated heterocycles. The first kappa shape index (κ1) is 30.8. The molecule has 1 atom stereocenters. The minimum atomic E-state index is -4.79. The molecule has 1 unspecified atom stereocenters. The SMILES string of the molecule is Cc1c(Cc2c(F)cccc2C(F)(F)F)c2n(c(=O)c1-c1cccc(O)c1F)C(CNCCCCc1ccccc1)CS2. The van der Waals surface area contributed by atoms with Crippen molar-refractivity contribution >= 4 is 11.8 Å². The molecule has 1 aliphatic rings. The van der Waals surface area contributed by atoms with Crippen LogP contribution in [0.1, 0.15) is 46.7 Å². The van der Waals surface area contributed by atoms with E-state index >= 15 is 4.39 Å². The molecular weight excluding hydrogens is 583 g/mol. The molecule has 0 saturated carbocycles. The first-order valence-electron chi connectivity index (χ1n) is 14.1. The van der Waals surface area contributed by atoms with Gasteiger partial charge in [0.2, 0.25) is 0 Å². The van der Waals surface area contributed by atoms with Crippen molar-refractivity contribution in [3.8, 4) is 16.9 Å². The third-order valence-electron chi connectivity index (χ3n) is 7.83. The van der Waals surface area contributed by atoms with Crippen molar-refractivity contribution in [2.24, 2.45) is 0 Å². The number of phenolic OH excluding ortho intramolecular Hbond substituents is 1. The lowest BCUT2D eigenvalue weighted by Gasteiger charge is -2.22. The van der Waals surface area contributed by atoms with Gasteiger partial charge in [-0.05, 0) is 67.6 Å². The van der Waals surface area contributed by atoms with Gasteiger partial charge in [0, 0.05) is 29.8 Å². The molecule has 1 aromatic heterocycles. The van der Waals surface area contributed by atoms with Gasteiger partial charge in [-0.25, -0.2) is 8.78 Å². The number of nitrogens with zero attached hydrogens (tertiary/aromatic N) is 1. The maximum Gasteiger partial charge on any atom is 0.416 e. The van der Waals surface area contributed by atoms with E-state index in [1.165, 1.54) is 40.9 Å². The van der Waals surface area contributed by atoms with Crippen molar-refractivity contribution in [2.45, 2.75) is 49.9 Å². The Morgan fingerprint density at radius 1 is 0.977 bits per heavy atom. The number of rotatable bonds is 10. The molecule has 3 aromatic carbocycles. The van der Waals surface area contributed by atoms with Crippen molar-refractivity contribution in [2.75, 3.05) is 18.8 Å². The number of hydrogen-bond acceptors (Lipinski definition) is 4. The van der Waals surface area contributed by atoms with Gasteiger partial charge in [-0.2, -0.15) is 13.2 Å². The number of benzene rings is 3. The summed E-state index contributed by atoms with van der Waals surface area (Å²) in [7, 11) is 0. The van der Waals surface area contributed by atoms with Gasteiger partial charge in [0.25, 0.3) is 5.56 Å². The molecule has 0 fully saturated rings. The van der Waals surface area contributed by atoms with Gasteiger partial charge in [0.1, 0.15) is 5.82 Å². The molecular formula is C33H31F5N2O2S. The van der Waals surface area contributed by atoms with Crippen molar-refractivity contribution in [1.29, 1.82) is 0 Å². The summed E-state index contributed by atoms with van der Waals surface area (Å²) in [4.78, 5) is 14.0. The molecule has 1 aliphatic heterocycles. The van der Waals surface area contributed by atoms with Gasteiger partial charge in [-0.15, -0.1) is 11.8 Å². The van der Waals surface area contributed by atoms with Gasteiger partial charge in [0.05, 0.1) is 22.2 Å². The second-order valence-corrected chi connectivity index (χ2v) is 11.7. The number of aromatic hydroxyl groups is 1. The van der Waals surface area contributed by atoms with Gasteiger partial charge in [-0.3, -0.25) is 9.36 Å². The Morgan fingerprint density at radius 3 is 2.47 bits per heavy atom. The van der Waals surface area contributed by atoms with E-state index in [-0.39, 0.29) is 22.7 Å². The highest BCUT2D eigenvalue weighted by molar-refractivity contribution is 7.99. The summed E-state index contributed by atoms with van der Waals surface area (Å²) in [6, 6.07) is 16.5. The fourth-order valence-corrected chi connectivity index (χ4v) is 7.02. The zero-order valence-electron chi connectivity index (χ0n) is 23.5. The molecule has 5 rings (SSSR count). The predicted octanol–water partition coefficient (Wildman–Crippen LogP) is 7.68. The van der Waals surface area contributed by atoms with Crippen LogP contribution in [0.4, 0.5) is 22.0 Å². The van der Waals surface area contributed by atoms with Crippen LogP contribution in [0.3, 0.4) is 0 Å². The second kappa shape index (κ2) is 12.9. The van der Waals surface area contributed by atoms with Crippen LogP contribution >= 0.6 is 11.8 Å². The Morgan fingerprint density at radius 2 is 1.72 bits per heavy atom. The van der Waals surface area contributed by atoms with Crippen LogP contribution in [-0.2, 0) is 19.0 Å². The highest BCUT2D eigenvalue weighted by Crippen LogP contribution is 2.42. The summed E-state index contributed by atoms with van der Waals surface area (Å²) in [6.45, 7) is 2.65. The molecule has 0 radical (unpaired) electrons. The van der Waals surface area contributed by atoms with Crippen LogP contribution in [0.5, 0.6) is 5.75 Å². The average Bonchev–Trinajstić information content (AvgIpc) is 3.40. The number of thioether (sulfide) groups is 1. The lowest BCUT2D eigenvalue weighted by atomic mass is 9.92. The highest BCUT2D eigenvalue weighted by atomic mass is 32.2. The predicted molar refractivity (Wildman–Crippen MR) is 159 cm³/mol. The highest BCUT2D eigenvalue weighted by Gasteiger charge is 2.36. The summed E-state index contributed by atoms with van der Waals surface area (Å²) in [6.07, 6.45) is -2.41. The molecule has 2 N–H and O–H groups in total. The number of aromatic nitrogens is 1. The Bertz CT molecular complexity index is 1670. The quantitative estimate of drug-likeness (QED) is 0.142. The van der Waals surface area contributed by atoms with E-state index in [9.17, 15) is 27.5 Å². The minimum Gasteiger partial charge on any atom is -0.505 e. The van der Waals surface area contributed by atoms with E-state index in [4.69, 9.17) is 0 Å². The molecule has 0 amide bonds. The maximum atomic E-state index is 15.2. The van der Waals surface area contributed by atoms with Crippen molar-refractivity contribution < 1.29 is 27.1 Å². The molecule has 0 spiro atoms. The summed E-state index contributed by atoms with van der Waals surface area (Å²) in [5, 5.41) is 13.9. The van der Waals surface area contributed by atoms with Crippen LogP contribution in [-0.4, -0.2) is 28.5 Å². The van der Waals surface area contributed by atoms with Crippen LogP contribution in [0.25, 0.3) is 11.1 Å². The van der Waals surface area contributed by atoms with Crippen LogP contribution in [0, 0.1) is 18.6 Å². The lowest BCUT2D eigenvalue weighted by Crippen LogP contribution is -2.33. The summed E-state index contributed by atoms with van der Waals surface area (Å²) in [5.74, 6) is -2.20. The van der Waals surface area contributed by atoms with Gasteiger partial charge < -0.3 is 10.4 Å². The molecule has 4 nitrogen and oxygen atoms in total. The molecule has 226 valence electrons. The molecule has 43 heavy (non-hydrogen) atoms. The fraction of sp³-hybridized carbons (Fsp3) is 0.303. The largest absolute Gasteiger partial charge is 0.505 e. The fourth-order valence-electron chi connectivity index (χ4n) is 5.63. The van der Waals surface area contributed by atoms with Crippen LogP contribution < -0.4 is 10.9 Å². The van der Waals surface area contributed by atoms with Gasteiger partial charge in [0.15, 0.2) is 11.6 Å². The number of phenols is 1. The zero-order valence-corrected chi connectivity index (χ0v) is 24.3. The topological polar surface area (TPSA) is 54.3 Å². The van der Waals surface area contributed by atoms with Gasteiger partial charge in [-0.1, -0.05) is 48.5 Å². The Kier molecular flexibility index (Phi) is 9.27. The molecule has 0 aliphatic carbocycles. The number of halogens is 5. The third kappa shape index (κ3) is 6.50. The first-order chi connectivity index (χ1) is 20.6. The van der Waals surface area contributed by atoms with E-state index in [0.717, 1.165) is 43.5 Å². The first-order valence-corrected chi connectivity index (χ1v) is 15.0. The molecule has 10 heteroatoms. The van der Waals surface area contributed by atoms with Crippen molar-refractivity contribution in [1.82, 2.24) is 9.88 Å². The smallest absolute Gasteiger partial charge is 0.416 e. The Hall–Kier alpha value is -3.63. The minimum absolute atomic E-state index is 0.0626. The van der Waals surface area contributed by atoms with E-state index in [0.29, 0.717) is 29.4 Å². The molecule has 4 aromatic rings. The number of nitrogens with one attached hydrogen (secondary N) is 1. The number of hydrogen-bond donors (Lipinski definition) is 2. The van der Waals surface area contributed by atoms with Crippen LogP contribution in [0.2, 0.25) is 0 Å². The Balaban J connectivity index is 1.49. The monoisotopic (exact) mass is 614 g/mol. The van der Waals surface area contributed by atoms with Crippen molar-refractivity contribution in [3.63, 3.8) is 0 Å². The summed E-state index contributed by atoms with van der Waals surface area (Å²) in [5.41, 5.74) is -0.538. The number of alkyl halides is 3. The molecule has 0 bridgehead atoms. The maximum absolute atomic E-state index is 15.2. The van der Waals surface area contributed by atoms with Crippen molar-refractivity contribution in [3.05, 3.63) is 117 Å². The second-order valence-electron chi connectivity index (χ2n) is 10.6. The van der Waals surface area contributed by atoms with Gasteiger partial charge >= 0.3 is 6.18 Å². The normalized spacial score (nSPS) is 14.7. The zero-order chi connectivity index (χ0) is 30.7. The summed E-state index contributed by atoms with van der Waals surface area (Å²) < 4.78 is 73.3. The number of unbranched alkanes of at least 4 members (excludes halogenated alkanes) is 1. The van der Waals surface area contributed by atoms with Crippen LogP contribution in [0.15, 0.2) is 76.6 Å². The number of aryl methyl sites for hydroxylation is 1. The third-order valence-corrected chi connectivity index (χ3v) is 9.10. The van der Waals surface area contributed by atoms with E-state index < -0.39 is 46.7 Å². The average molecular weight is 615 g/mol. The molecule has 2 heterocycles. The standard InChI is InChI=1S/C33H31F5N2O2S/c1-20-24(17-25-26(33(36,37)38)13-8-14-27(25)34)32-40(31(42)29(20)23-12-7-15-28(41)30(23)35)22(19-43-32)18-39-16-6-5-11-21-9-3-2-4-10-21/h2-4,7-10,12-15,22,39,41H,5-6,11,16-19H2,1H3. The Labute approximate surface area is 250 Å². The van der Waals surface area contributed by atoms with E-state index in [1.54, 1.807) is 0 Å².